The van der Waals surface area contributed by atoms with Gasteiger partial charge in [0.2, 0.25) is 5.91 Å². The molecule has 0 fully saturated rings. The fourth-order valence-corrected chi connectivity index (χ4v) is 6.92. The monoisotopic (exact) mass is 783 g/mol. The summed E-state index contributed by atoms with van der Waals surface area (Å²) in [5.74, 6) is 0.891. The Morgan fingerprint density at radius 3 is 2.43 bits per heavy atom. The number of amides is 1. The van der Waals surface area contributed by atoms with Crippen molar-refractivity contribution in [3.05, 3.63) is 147 Å². The fraction of sp³-hybridized carbons (Fsp3) is 0.214. The summed E-state index contributed by atoms with van der Waals surface area (Å²) in [6.07, 6.45) is 0.0394. The van der Waals surface area contributed by atoms with Crippen molar-refractivity contribution in [2.24, 2.45) is 0 Å². The van der Waals surface area contributed by atoms with E-state index < -0.39 is 17.6 Å². The van der Waals surface area contributed by atoms with E-state index in [9.17, 15) is 14.9 Å². The molecular weight excluding hydrogens is 749 g/mol. The molecule has 2 aliphatic heterocycles. The number of nitrogens with one attached hydrogen (secondary N) is 2. The van der Waals surface area contributed by atoms with Crippen LogP contribution in [-0.4, -0.2) is 31.6 Å². The van der Waals surface area contributed by atoms with Crippen molar-refractivity contribution in [1.29, 1.82) is 5.26 Å². The molecule has 2 aliphatic rings. The number of benzene rings is 5. The molecule has 0 bridgehead atoms. The Labute approximate surface area is 329 Å². The van der Waals surface area contributed by atoms with Crippen molar-refractivity contribution in [1.82, 2.24) is 10.6 Å². The average Bonchev–Trinajstić information content (AvgIpc) is 3.19. The van der Waals surface area contributed by atoms with Crippen molar-refractivity contribution in [2.45, 2.75) is 44.2 Å². The Balaban J connectivity index is 0.00000497. The molecule has 9 nitrogen and oxygen atoms in total. The molecule has 2 N–H and O–H groups in total. The summed E-state index contributed by atoms with van der Waals surface area (Å²) in [5.41, 5.74) is 4.62. The number of hydrogen-bond acceptors (Lipinski definition) is 8. The van der Waals surface area contributed by atoms with Gasteiger partial charge in [0, 0.05) is 6.54 Å². The molecule has 0 saturated heterocycles. The number of halogens is 3. The molecule has 0 spiro atoms. The van der Waals surface area contributed by atoms with Crippen LogP contribution in [0.15, 0.2) is 103 Å². The Hall–Kier alpha value is -5.24. The van der Waals surface area contributed by atoms with E-state index in [1.54, 1.807) is 37.3 Å². The van der Waals surface area contributed by atoms with E-state index in [4.69, 9.17) is 42.1 Å². The van der Waals surface area contributed by atoms with Gasteiger partial charge in [0.15, 0.2) is 23.1 Å². The second-order valence-electron chi connectivity index (χ2n) is 13.1. The Kier molecular flexibility index (Phi) is 11.7. The van der Waals surface area contributed by atoms with E-state index in [0.29, 0.717) is 64.6 Å². The maximum atomic E-state index is 13.8. The van der Waals surface area contributed by atoms with Gasteiger partial charge in [0.1, 0.15) is 19.0 Å². The number of hydrogen-bond donors (Lipinski definition) is 2. The second kappa shape index (κ2) is 16.4. The summed E-state index contributed by atoms with van der Waals surface area (Å²) in [6.45, 7) is 2.65. The van der Waals surface area contributed by atoms with Crippen molar-refractivity contribution in [3.63, 3.8) is 0 Å². The predicted octanol–water partition coefficient (Wildman–Crippen LogP) is 8.26. The van der Waals surface area contributed by atoms with Gasteiger partial charge < -0.3 is 29.6 Å². The lowest BCUT2D eigenvalue weighted by atomic mass is 9.87. The fourth-order valence-electron chi connectivity index (χ4n) is 6.60. The molecule has 12 heteroatoms. The van der Waals surface area contributed by atoms with Crippen LogP contribution in [0.25, 0.3) is 11.1 Å². The van der Waals surface area contributed by atoms with Crippen molar-refractivity contribution >= 4 is 47.5 Å². The SMILES string of the molecule is COC(=O)C(C)(NC(=O)[C@@H]1Cc2cc3c(cc2CN1)OC(c1ccc(OCc2ccc(Cl)c(Cl)c2)cc1)CO3)c1ccc(-c2ccccc2)c(C#N)c1.Cl. The number of carbonyl (C=O) groups excluding carboxylic acids is 2. The van der Waals surface area contributed by atoms with Crippen LogP contribution in [0.2, 0.25) is 10.0 Å². The summed E-state index contributed by atoms with van der Waals surface area (Å²) in [4.78, 5) is 27.0. The number of nitriles is 1. The molecule has 0 saturated carbocycles. The molecule has 1 amide bonds. The number of carbonyl (C=O) groups is 2. The minimum atomic E-state index is -1.55. The molecule has 276 valence electrons. The highest BCUT2D eigenvalue weighted by molar-refractivity contribution is 6.42. The predicted molar refractivity (Wildman–Crippen MR) is 208 cm³/mol. The van der Waals surface area contributed by atoms with E-state index in [1.807, 2.05) is 72.8 Å². The molecule has 2 unspecified atom stereocenters. The summed E-state index contributed by atoms with van der Waals surface area (Å²) < 4.78 is 23.6. The largest absolute Gasteiger partial charge is 0.489 e. The zero-order valence-electron chi connectivity index (χ0n) is 29.4. The van der Waals surface area contributed by atoms with Gasteiger partial charge in [-0.3, -0.25) is 4.79 Å². The highest BCUT2D eigenvalue weighted by Gasteiger charge is 2.41. The van der Waals surface area contributed by atoms with Gasteiger partial charge in [-0.15, -0.1) is 12.4 Å². The van der Waals surface area contributed by atoms with Crippen LogP contribution >= 0.6 is 35.6 Å². The highest BCUT2D eigenvalue weighted by atomic mass is 35.5. The summed E-state index contributed by atoms with van der Waals surface area (Å²) in [5, 5.41) is 17.2. The Morgan fingerprint density at radius 2 is 1.70 bits per heavy atom. The van der Waals surface area contributed by atoms with E-state index in [0.717, 1.165) is 33.4 Å². The number of esters is 1. The number of rotatable bonds is 9. The average molecular weight is 785 g/mol. The van der Waals surface area contributed by atoms with Gasteiger partial charge >= 0.3 is 5.97 Å². The first-order valence-electron chi connectivity index (χ1n) is 17.0. The molecule has 7 rings (SSSR count). The molecule has 0 aliphatic carbocycles. The molecule has 3 atom stereocenters. The summed E-state index contributed by atoms with van der Waals surface area (Å²) in [6, 6.07) is 33.2. The van der Waals surface area contributed by atoms with E-state index in [1.165, 1.54) is 7.11 Å². The van der Waals surface area contributed by atoms with Crippen molar-refractivity contribution in [3.8, 4) is 34.4 Å². The first-order chi connectivity index (χ1) is 25.6. The second-order valence-corrected chi connectivity index (χ2v) is 13.9. The molecule has 54 heavy (non-hydrogen) atoms. The Morgan fingerprint density at radius 1 is 0.944 bits per heavy atom. The third-order valence-electron chi connectivity index (χ3n) is 9.62. The zero-order chi connectivity index (χ0) is 37.1. The van der Waals surface area contributed by atoms with Gasteiger partial charge in [0.25, 0.3) is 0 Å². The quantitative estimate of drug-likeness (QED) is 0.144. The van der Waals surface area contributed by atoms with Crippen LogP contribution in [0.3, 0.4) is 0 Å². The molecule has 0 aromatic heterocycles. The maximum absolute atomic E-state index is 13.8. The minimum Gasteiger partial charge on any atom is -0.489 e. The third-order valence-corrected chi connectivity index (χ3v) is 10.4. The molecule has 2 heterocycles. The van der Waals surface area contributed by atoms with Gasteiger partial charge in [-0.05, 0) is 94.8 Å². The van der Waals surface area contributed by atoms with Crippen LogP contribution in [-0.2, 0) is 39.4 Å². The molecule has 5 aromatic rings. The van der Waals surface area contributed by atoms with Crippen molar-refractivity contribution < 1.29 is 28.5 Å². The third kappa shape index (κ3) is 7.98. The lowest BCUT2D eigenvalue weighted by Crippen LogP contribution is -2.57. The zero-order valence-corrected chi connectivity index (χ0v) is 31.7. The number of ether oxygens (including phenoxy) is 4. The van der Waals surface area contributed by atoms with Crippen LogP contribution < -0.4 is 24.8 Å². The molecular formula is C42H36Cl3N3O6. The highest BCUT2D eigenvalue weighted by Crippen LogP contribution is 2.40. The first kappa shape index (κ1) is 38.5. The van der Waals surface area contributed by atoms with Gasteiger partial charge in [-0.2, -0.15) is 5.26 Å². The normalized spacial score (nSPS) is 16.7. The lowest BCUT2D eigenvalue weighted by molar-refractivity contribution is -0.151. The van der Waals surface area contributed by atoms with Gasteiger partial charge in [0.05, 0.1) is 34.8 Å². The van der Waals surface area contributed by atoms with Gasteiger partial charge in [-0.25, -0.2) is 4.79 Å². The van der Waals surface area contributed by atoms with E-state index >= 15 is 0 Å². The van der Waals surface area contributed by atoms with Crippen LogP contribution in [0.4, 0.5) is 0 Å². The van der Waals surface area contributed by atoms with Crippen molar-refractivity contribution in [2.75, 3.05) is 13.7 Å². The lowest BCUT2D eigenvalue weighted by Gasteiger charge is -2.33. The molecule has 0 radical (unpaired) electrons. The van der Waals surface area contributed by atoms with E-state index in [2.05, 4.69) is 16.7 Å². The maximum Gasteiger partial charge on any atom is 0.336 e. The Bertz CT molecular complexity index is 2230. The van der Waals surface area contributed by atoms with Crippen LogP contribution in [0.5, 0.6) is 17.2 Å². The van der Waals surface area contributed by atoms with Gasteiger partial charge in [-0.1, -0.05) is 83.9 Å². The number of methoxy groups -OCH3 is 1. The summed E-state index contributed by atoms with van der Waals surface area (Å²) in [7, 11) is 1.27. The summed E-state index contributed by atoms with van der Waals surface area (Å²) >= 11 is 12.1. The first-order valence-corrected chi connectivity index (χ1v) is 17.8. The number of nitrogens with zero attached hydrogens (tertiary/aromatic N) is 1. The molecule has 5 aromatic carbocycles. The van der Waals surface area contributed by atoms with Crippen LogP contribution in [0.1, 0.15) is 46.4 Å². The van der Waals surface area contributed by atoms with E-state index in [-0.39, 0.29) is 24.4 Å². The standard InChI is InChI=1S/C42H35Cl2N3O6.ClH/c1-42(41(49)50-2,31-11-14-33(29(17-31)21-45)26-6-4-3-5-7-26)47-40(48)36-18-28-19-37-38(20-30(28)22-46-36)53-39(24-52-37)27-9-12-32(13-10-27)51-23-25-8-15-34(43)35(44)16-25;/h3-17,19-20,36,39,46H,18,22-24H2,1-2H3,(H,47,48);1H/t36-,39?,42?;/m0./s1. The number of fused-ring (bicyclic) bond motifs is 2. The van der Waals surface area contributed by atoms with Crippen LogP contribution in [0, 0.1) is 11.3 Å². The topological polar surface area (TPSA) is 119 Å². The minimum absolute atomic E-state index is 0. The smallest absolute Gasteiger partial charge is 0.336 e.